The molecular formula is C13H18BrNO. The zero-order chi connectivity index (χ0) is 11.6. The second kappa shape index (κ2) is 4.76. The number of hydrogen-bond acceptors (Lipinski definition) is 2. The summed E-state index contributed by atoms with van der Waals surface area (Å²) in [6.45, 7) is 2.99. The molecule has 16 heavy (non-hydrogen) atoms. The topological polar surface area (TPSA) is 21.3 Å². The van der Waals surface area contributed by atoms with Crippen molar-refractivity contribution in [3.63, 3.8) is 0 Å². The lowest BCUT2D eigenvalue weighted by Gasteiger charge is -2.39. The Balaban J connectivity index is 2.27. The first-order chi connectivity index (χ1) is 7.69. The summed E-state index contributed by atoms with van der Waals surface area (Å²) in [4.78, 5) is 0. The second-order valence-corrected chi connectivity index (χ2v) is 5.41. The van der Waals surface area contributed by atoms with Gasteiger partial charge in [-0.15, -0.1) is 0 Å². The molecule has 1 N–H and O–H groups in total. The first-order valence-corrected chi connectivity index (χ1v) is 6.54. The molecule has 0 saturated carbocycles. The lowest BCUT2D eigenvalue weighted by molar-refractivity contribution is 0.133. The zero-order valence-electron chi connectivity index (χ0n) is 9.85. The standard InChI is InChI=1S/C13H18BrNO/c1-3-13(9-16-2)7-6-10-4-5-11(14)8-12(10)15-13/h4-5,8,15H,3,6-7,9H2,1-2H3. The van der Waals surface area contributed by atoms with Crippen LogP contribution < -0.4 is 5.32 Å². The fraction of sp³-hybridized carbons (Fsp3) is 0.538. The van der Waals surface area contributed by atoms with Gasteiger partial charge in [0, 0.05) is 17.3 Å². The number of fused-ring (bicyclic) bond motifs is 1. The third-order valence-corrected chi connectivity index (χ3v) is 3.94. The van der Waals surface area contributed by atoms with Gasteiger partial charge in [-0.05, 0) is 37.0 Å². The number of rotatable bonds is 3. The highest BCUT2D eigenvalue weighted by atomic mass is 79.9. The van der Waals surface area contributed by atoms with Gasteiger partial charge in [-0.2, -0.15) is 0 Å². The lowest BCUT2D eigenvalue weighted by atomic mass is 9.85. The number of methoxy groups -OCH3 is 1. The van der Waals surface area contributed by atoms with Crippen LogP contribution in [0.3, 0.4) is 0 Å². The Morgan fingerprint density at radius 1 is 1.50 bits per heavy atom. The van der Waals surface area contributed by atoms with Crippen LogP contribution in [-0.4, -0.2) is 19.3 Å². The van der Waals surface area contributed by atoms with Crippen molar-refractivity contribution in [2.75, 3.05) is 19.0 Å². The van der Waals surface area contributed by atoms with Gasteiger partial charge in [0.15, 0.2) is 0 Å². The van der Waals surface area contributed by atoms with Gasteiger partial charge >= 0.3 is 0 Å². The molecule has 3 heteroatoms. The maximum Gasteiger partial charge on any atom is 0.0692 e. The van der Waals surface area contributed by atoms with E-state index in [4.69, 9.17) is 4.74 Å². The molecule has 1 aliphatic heterocycles. The highest BCUT2D eigenvalue weighted by molar-refractivity contribution is 9.10. The number of nitrogens with one attached hydrogen (secondary N) is 1. The van der Waals surface area contributed by atoms with Gasteiger partial charge in [-0.25, -0.2) is 0 Å². The monoisotopic (exact) mass is 283 g/mol. The van der Waals surface area contributed by atoms with E-state index in [9.17, 15) is 0 Å². The summed E-state index contributed by atoms with van der Waals surface area (Å²) in [5.74, 6) is 0. The SMILES string of the molecule is CCC1(COC)CCc2ccc(Br)cc2N1. The molecule has 0 aliphatic carbocycles. The van der Waals surface area contributed by atoms with Gasteiger partial charge in [0.05, 0.1) is 12.1 Å². The molecule has 0 spiro atoms. The highest BCUT2D eigenvalue weighted by Crippen LogP contribution is 2.34. The van der Waals surface area contributed by atoms with Crippen molar-refractivity contribution in [1.29, 1.82) is 0 Å². The summed E-state index contributed by atoms with van der Waals surface area (Å²) in [7, 11) is 1.77. The van der Waals surface area contributed by atoms with Crippen LogP contribution in [0.15, 0.2) is 22.7 Å². The van der Waals surface area contributed by atoms with Crippen molar-refractivity contribution >= 4 is 21.6 Å². The van der Waals surface area contributed by atoms with Crippen molar-refractivity contribution < 1.29 is 4.74 Å². The average Bonchev–Trinajstić information content (AvgIpc) is 2.29. The Bertz CT molecular complexity index is 380. The van der Waals surface area contributed by atoms with Gasteiger partial charge in [0.25, 0.3) is 0 Å². The number of aryl methyl sites for hydroxylation is 1. The van der Waals surface area contributed by atoms with Crippen molar-refractivity contribution in [3.05, 3.63) is 28.2 Å². The predicted molar refractivity (Wildman–Crippen MR) is 71.0 cm³/mol. The van der Waals surface area contributed by atoms with Crippen molar-refractivity contribution in [2.24, 2.45) is 0 Å². The zero-order valence-corrected chi connectivity index (χ0v) is 11.4. The summed E-state index contributed by atoms with van der Waals surface area (Å²) < 4.78 is 6.47. The maximum absolute atomic E-state index is 5.35. The molecule has 1 atom stereocenters. The van der Waals surface area contributed by atoms with Crippen LogP contribution in [-0.2, 0) is 11.2 Å². The molecule has 1 heterocycles. The third-order valence-electron chi connectivity index (χ3n) is 3.44. The van der Waals surface area contributed by atoms with E-state index in [1.165, 1.54) is 11.3 Å². The Morgan fingerprint density at radius 3 is 3.00 bits per heavy atom. The molecule has 0 radical (unpaired) electrons. The van der Waals surface area contributed by atoms with E-state index in [-0.39, 0.29) is 5.54 Å². The van der Waals surface area contributed by atoms with Crippen LogP contribution >= 0.6 is 15.9 Å². The summed E-state index contributed by atoms with van der Waals surface area (Å²) in [6.07, 6.45) is 3.37. The molecule has 2 nitrogen and oxygen atoms in total. The minimum Gasteiger partial charge on any atom is -0.382 e. The van der Waals surface area contributed by atoms with Gasteiger partial charge in [-0.1, -0.05) is 28.9 Å². The first kappa shape index (κ1) is 11.9. The van der Waals surface area contributed by atoms with E-state index in [1.54, 1.807) is 7.11 Å². The molecule has 0 bridgehead atoms. The van der Waals surface area contributed by atoms with E-state index in [1.807, 2.05) is 0 Å². The Labute approximate surface area is 106 Å². The predicted octanol–water partition coefficient (Wildman–Crippen LogP) is 3.60. The van der Waals surface area contributed by atoms with E-state index in [0.29, 0.717) is 0 Å². The smallest absolute Gasteiger partial charge is 0.0692 e. The van der Waals surface area contributed by atoms with Gasteiger partial charge in [0.1, 0.15) is 0 Å². The van der Waals surface area contributed by atoms with Crippen LogP contribution in [0.1, 0.15) is 25.3 Å². The van der Waals surface area contributed by atoms with Gasteiger partial charge in [0.2, 0.25) is 0 Å². The lowest BCUT2D eigenvalue weighted by Crippen LogP contribution is -2.45. The van der Waals surface area contributed by atoms with Crippen molar-refractivity contribution in [3.8, 4) is 0 Å². The summed E-state index contributed by atoms with van der Waals surface area (Å²) >= 11 is 3.52. The minimum atomic E-state index is 0.114. The fourth-order valence-corrected chi connectivity index (χ4v) is 2.72. The van der Waals surface area contributed by atoms with Crippen molar-refractivity contribution in [1.82, 2.24) is 0 Å². The van der Waals surface area contributed by atoms with Crippen LogP contribution in [0.5, 0.6) is 0 Å². The molecule has 1 aromatic carbocycles. The van der Waals surface area contributed by atoms with Gasteiger partial charge < -0.3 is 10.1 Å². The highest BCUT2D eigenvalue weighted by Gasteiger charge is 2.32. The summed E-state index contributed by atoms with van der Waals surface area (Å²) in [5.41, 5.74) is 2.77. The number of ether oxygens (including phenoxy) is 1. The number of hydrogen-bond donors (Lipinski definition) is 1. The minimum absolute atomic E-state index is 0.114. The van der Waals surface area contributed by atoms with Crippen LogP contribution in [0.2, 0.25) is 0 Å². The van der Waals surface area contributed by atoms with E-state index in [2.05, 4.69) is 46.4 Å². The molecule has 1 aromatic rings. The molecule has 0 saturated heterocycles. The molecule has 1 unspecified atom stereocenters. The Hall–Kier alpha value is -0.540. The van der Waals surface area contributed by atoms with E-state index >= 15 is 0 Å². The molecule has 0 amide bonds. The van der Waals surface area contributed by atoms with Crippen LogP contribution in [0.25, 0.3) is 0 Å². The molecular weight excluding hydrogens is 266 g/mol. The Morgan fingerprint density at radius 2 is 2.31 bits per heavy atom. The number of benzene rings is 1. The largest absolute Gasteiger partial charge is 0.382 e. The normalized spacial score (nSPS) is 23.7. The molecule has 0 aromatic heterocycles. The molecule has 1 aliphatic rings. The maximum atomic E-state index is 5.35. The summed E-state index contributed by atoms with van der Waals surface area (Å²) in [5, 5.41) is 3.65. The Kier molecular flexibility index (Phi) is 3.55. The fourth-order valence-electron chi connectivity index (χ4n) is 2.36. The van der Waals surface area contributed by atoms with Crippen molar-refractivity contribution in [2.45, 2.75) is 31.7 Å². The molecule has 0 fully saturated rings. The number of halogens is 1. The van der Waals surface area contributed by atoms with E-state index in [0.717, 1.165) is 30.3 Å². The van der Waals surface area contributed by atoms with Crippen LogP contribution in [0, 0.1) is 0 Å². The second-order valence-electron chi connectivity index (χ2n) is 4.49. The first-order valence-electron chi connectivity index (χ1n) is 5.75. The molecule has 2 rings (SSSR count). The average molecular weight is 284 g/mol. The number of anilines is 1. The third kappa shape index (κ3) is 2.25. The quantitative estimate of drug-likeness (QED) is 0.915. The van der Waals surface area contributed by atoms with E-state index < -0.39 is 0 Å². The summed E-state index contributed by atoms with van der Waals surface area (Å²) in [6, 6.07) is 6.46. The molecule has 88 valence electrons. The van der Waals surface area contributed by atoms with Gasteiger partial charge in [-0.3, -0.25) is 0 Å². The van der Waals surface area contributed by atoms with Crippen LogP contribution in [0.4, 0.5) is 5.69 Å².